The first-order chi connectivity index (χ1) is 8.25. The molecule has 2 N–H and O–H groups in total. The van der Waals surface area contributed by atoms with Gasteiger partial charge in [-0.3, -0.25) is 4.79 Å². The molecule has 3 nitrogen and oxygen atoms in total. The fourth-order valence-electron chi connectivity index (χ4n) is 1.27. The molecule has 18 heavy (non-hydrogen) atoms. The van der Waals surface area contributed by atoms with Crippen molar-refractivity contribution in [1.29, 1.82) is 0 Å². The summed E-state index contributed by atoms with van der Waals surface area (Å²) in [6, 6.07) is 4.58. The predicted molar refractivity (Wildman–Crippen MR) is 55.6 cm³/mol. The lowest BCUT2D eigenvalue weighted by molar-refractivity contribution is -0.170. The number of phenols is 1. The fourth-order valence-corrected chi connectivity index (χ4v) is 1.27. The number of hydrogen-bond acceptors (Lipinski definition) is 2. The average Bonchev–Trinajstić information content (AvgIpc) is 2.28. The van der Waals surface area contributed by atoms with Gasteiger partial charge in [-0.15, -0.1) is 0 Å². The molecule has 0 saturated heterocycles. The van der Waals surface area contributed by atoms with E-state index in [9.17, 15) is 22.4 Å². The van der Waals surface area contributed by atoms with Crippen molar-refractivity contribution in [3.8, 4) is 5.75 Å². The average molecular weight is 265 g/mol. The van der Waals surface area contributed by atoms with Gasteiger partial charge in [0, 0.05) is 0 Å². The van der Waals surface area contributed by atoms with Crippen LogP contribution in [0.25, 0.3) is 0 Å². The normalized spacial score (nSPS) is 13.4. The lowest BCUT2D eigenvalue weighted by atomic mass is 10.1. The second-order valence-corrected chi connectivity index (χ2v) is 3.71. The number of carbonyl (C=O) groups is 1. The Morgan fingerprint density at radius 3 is 2.50 bits per heavy atom. The van der Waals surface area contributed by atoms with E-state index in [1.165, 1.54) is 31.2 Å². The molecule has 0 bridgehead atoms. The molecule has 0 aromatic heterocycles. The summed E-state index contributed by atoms with van der Waals surface area (Å²) in [5.74, 6) is -6.90. The third-order valence-electron chi connectivity index (χ3n) is 2.29. The molecule has 0 spiro atoms. The summed E-state index contributed by atoms with van der Waals surface area (Å²) in [5, 5.41) is 10.9. The summed E-state index contributed by atoms with van der Waals surface area (Å²) >= 11 is 0. The zero-order valence-electron chi connectivity index (χ0n) is 9.33. The van der Waals surface area contributed by atoms with Crippen molar-refractivity contribution in [2.75, 3.05) is 0 Å². The molecule has 1 rings (SSSR count). The largest absolute Gasteiger partial charge is 0.508 e. The van der Waals surface area contributed by atoms with Crippen LogP contribution in [0.15, 0.2) is 24.3 Å². The smallest absolute Gasteiger partial charge is 0.383 e. The Balaban J connectivity index is 2.77. The van der Waals surface area contributed by atoms with Crippen LogP contribution in [-0.4, -0.2) is 23.4 Å². The lowest BCUT2D eigenvalue weighted by Gasteiger charge is -2.19. The quantitative estimate of drug-likeness (QED) is 0.822. The van der Waals surface area contributed by atoms with Crippen LogP contribution in [0.4, 0.5) is 17.6 Å². The minimum atomic E-state index is -4.73. The predicted octanol–water partition coefficient (Wildman–Crippen LogP) is 2.47. The number of halogens is 4. The Kier molecular flexibility index (Phi) is 4.15. The summed E-state index contributed by atoms with van der Waals surface area (Å²) in [7, 11) is 0. The Morgan fingerprint density at radius 1 is 1.39 bits per heavy atom. The first-order valence-corrected chi connectivity index (χ1v) is 5.01. The highest BCUT2D eigenvalue weighted by molar-refractivity contribution is 5.84. The molecule has 1 aromatic rings. The molecule has 0 aliphatic heterocycles. The van der Waals surface area contributed by atoms with Gasteiger partial charge in [0.15, 0.2) is 0 Å². The molecule has 1 aromatic carbocycles. The maximum Gasteiger partial charge on any atom is 0.383 e. The van der Waals surface area contributed by atoms with Gasteiger partial charge in [0.2, 0.25) is 0 Å². The number of phenolic OH excluding ortho intramolecular Hbond substituents is 1. The highest BCUT2D eigenvalue weighted by Gasteiger charge is 2.49. The fraction of sp³-hybridized carbons (Fsp3) is 0.364. The van der Waals surface area contributed by atoms with Crippen LogP contribution in [0.2, 0.25) is 0 Å². The van der Waals surface area contributed by atoms with Crippen molar-refractivity contribution in [3.63, 3.8) is 0 Å². The van der Waals surface area contributed by atoms with E-state index < -0.39 is 24.3 Å². The molecular weight excluding hydrogens is 254 g/mol. The third kappa shape index (κ3) is 3.12. The maximum atomic E-state index is 12.7. The number of hydrogen-bond donors (Lipinski definition) is 2. The van der Waals surface area contributed by atoms with E-state index in [4.69, 9.17) is 5.11 Å². The van der Waals surface area contributed by atoms with Crippen molar-refractivity contribution in [3.05, 3.63) is 29.8 Å². The van der Waals surface area contributed by atoms with Crippen LogP contribution >= 0.6 is 0 Å². The summed E-state index contributed by atoms with van der Waals surface area (Å²) in [6.45, 7) is 1.34. The van der Waals surface area contributed by atoms with Gasteiger partial charge in [-0.25, -0.2) is 8.78 Å². The number of nitrogens with one attached hydrogen (secondary N) is 1. The number of benzene rings is 1. The topological polar surface area (TPSA) is 49.3 Å². The molecule has 1 atom stereocenters. The van der Waals surface area contributed by atoms with Gasteiger partial charge < -0.3 is 10.4 Å². The second-order valence-electron chi connectivity index (χ2n) is 3.71. The van der Waals surface area contributed by atoms with Crippen LogP contribution in [0, 0.1) is 0 Å². The van der Waals surface area contributed by atoms with Crippen molar-refractivity contribution < 1.29 is 27.5 Å². The zero-order chi connectivity index (χ0) is 13.9. The second kappa shape index (κ2) is 5.24. The van der Waals surface area contributed by atoms with Gasteiger partial charge in [-0.2, -0.15) is 8.78 Å². The molecule has 0 heterocycles. The molecule has 100 valence electrons. The Bertz CT molecular complexity index is 437. The molecule has 7 heteroatoms. The lowest BCUT2D eigenvalue weighted by Crippen LogP contribution is -2.45. The van der Waals surface area contributed by atoms with E-state index in [1.807, 2.05) is 0 Å². The van der Waals surface area contributed by atoms with Crippen LogP contribution < -0.4 is 5.32 Å². The van der Waals surface area contributed by atoms with Gasteiger partial charge in [0.05, 0.1) is 6.04 Å². The summed E-state index contributed by atoms with van der Waals surface area (Å²) in [6.07, 6.45) is -4.06. The van der Waals surface area contributed by atoms with E-state index in [-0.39, 0.29) is 5.75 Å². The molecule has 0 aliphatic rings. The summed E-state index contributed by atoms with van der Waals surface area (Å²) < 4.78 is 49.2. The Hall–Kier alpha value is -1.79. The van der Waals surface area contributed by atoms with Crippen LogP contribution in [-0.2, 0) is 4.79 Å². The zero-order valence-corrected chi connectivity index (χ0v) is 9.33. The first-order valence-electron chi connectivity index (χ1n) is 5.01. The van der Waals surface area contributed by atoms with Crippen molar-refractivity contribution in [1.82, 2.24) is 5.32 Å². The molecule has 0 saturated carbocycles. The maximum absolute atomic E-state index is 12.7. The number of rotatable bonds is 4. The van der Waals surface area contributed by atoms with Gasteiger partial charge in [-0.05, 0) is 24.6 Å². The standard InChI is InChI=1S/C11H11F4NO2/c1-6(7-3-2-4-8(17)5-7)16-10(18)11(14,15)9(12)13/h2-6,9,17H,1H3,(H,16,18). The molecule has 0 aliphatic carbocycles. The molecule has 0 radical (unpaired) electrons. The van der Waals surface area contributed by atoms with E-state index in [0.29, 0.717) is 5.56 Å². The van der Waals surface area contributed by atoms with E-state index >= 15 is 0 Å². The molecule has 1 unspecified atom stereocenters. The molecule has 1 amide bonds. The molecule has 0 fully saturated rings. The van der Waals surface area contributed by atoms with Crippen LogP contribution in [0.5, 0.6) is 5.75 Å². The van der Waals surface area contributed by atoms with Crippen molar-refractivity contribution >= 4 is 5.91 Å². The van der Waals surface area contributed by atoms with Crippen LogP contribution in [0.3, 0.4) is 0 Å². The number of alkyl halides is 4. The highest BCUT2D eigenvalue weighted by atomic mass is 19.3. The van der Waals surface area contributed by atoms with Gasteiger partial charge in [0.1, 0.15) is 5.75 Å². The number of carbonyl (C=O) groups excluding carboxylic acids is 1. The van der Waals surface area contributed by atoms with E-state index in [2.05, 4.69) is 0 Å². The third-order valence-corrected chi connectivity index (χ3v) is 2.29. The highest BCUT2D eigenvalue weighted by Crippen LogP contribution is 2.25. The van der Waals surface area contributed by atoms with Crippen molar-refractivity contribution in [2.45, 2.75) is 25.3 Å². The van der Waals surface area contributed by atoms with E-state index in [1.54, 1.807) is 5.32 Å². The van der Waals surface area contributed by atoms with E-state index in [0.717, 1.165) is 0 Å². The molecular formula is C11H11F4NO2. The number of aromatic hydroxyl groups is 1. The minimum absolute atomic E-state index is 0.116. The Morgan fingerprint density at radius 2 is 2.00 bits per heavy atom. The monoisotopic (exact) mass is 265 g/mol. The van der Waals surface area contributed by atoms with Gasteiger partial charge in [-0.1, -0.05) is 12.1 Å². The van der Waals surface area contributed by atoms with Crippen molar-refractivity contribution in [2.24, 2.45) is 0 Å². The summed E-state index contributed by atoms with van der Waals surface area (Å²) in [4.78, 5) is 11.0. The first kappa shape index (κ1) is 14.3. The minimum Gasteiger partial charge on any atom is -0.508 e. The summed E-state index contributed by atoms with van der Waals surface area (Å²) in [5.41, 5.74) is 0.327. The van der Waals surface area contributed by atoms with Crippen LogP contribution in [0.1, 0.15) is 18.5 Å². The van der Waals surface area contributed by atoms with Gasteiger partial charge in [0.25, 0.3) is 5.91 Å². The SMILES string of the molecule is CC(NC(=O)C(F)(F)C(F)F)c1cccc(O)c1. The number of amides is 1. The van der Waals surface area contributed by atoms with Gasteiger partial charge >= 0.3 is 12.3 Å². The Labute approximate surface area is 100 Å².